The van der Waals surface area contributed by atoms with Crippen LogP contribution < -0.4 is 5.32 Å². The molecule has 1 aromatic carbocycles. The van der Waals surface area contributed by atoms with Crippen LogP contribution in [0.5, 0.6) is 0 Å². The Balaban J connectivity index is 1.95. The average Bonchev–Trinajstić information content (AvgIpc) is 1.99. The zero-order valence-electron chi connectivity index (χ0n) is 8.33. The summed E-state index contributed by atoms with van der Waals surface area (Å²) in [5.41, 5.74) is 1.41. The molecule has 2 rings (SSSR count). The smallest absolute Gasteiger partial charge is 0.0345 e. The Morgan fingerprint density at radius 3 is 2.86 bits per heavy atom. The van der Waals surface area contributed by atoms with Crippen LogP contribution >= 0.6 is 22.6 Å². The minimum atomic E-state index is 0.730. The monoisotopic (exact) mass is 302 g/mol. The van der Waals surface area contributed by atoms with E-state index in [1.165, 1.54) is 9.13 Å². The van der Waals surface area contributed by atoms with Crippen molar-refractivity contribution in [2.24, 2.45) is 0 Å². The second-order valence-electron chi connectivity index (χ2n) is 3.86. The number of nitrogens with zero attached hydrogens (tertiary/aromatic N) is 1. The van der Waals surface area contributed by atoms with Gasteiger partial charge in [0.1, 0.15) is 0 Å². The van der Waals surface area contributed by atoms with E-state index >= 15 is 0 Å². The van der Waals surface area contributed by atoms with Crippen molar-refractivity contribution in [2.45, 2.75) is 12.6 Å². The van der Waals surface area contributed by atoms with E-state index in [2.05, 4.69) is 64.1 Å². The van der Waals surface area contributed by atoms with Crippen LogP contribution in [0, 0.1) is 3.57 Å². The molecule has 0 aromatic heterocycles. The number of likely N-dealkylation sites (N-methyl/N-ethyl adjacent to an activating group) is 1. The van der Waals surface area contributed by atoms with E-state index in [0.717, 1.165) is 25.7 Å². The number of hydrogen-bond donors (Lipinski definition) is 1. The predicted molar refractivity (Wildman–Crippen MR) is 67.3 cm³/mol. The summed E-state index contributed by atoms with van der Waals surface area (Å²) in [6, 6.07) is 9.44. The van der Waals surface area contributed by atoms with E-state index in [1.807, 2.05) is 0 Å². The molecule has 0 atom stereocenters. The maximum atomic E-state index is 3.30. The van der Waals surface area contributed by atoms with Gasteiger partial charge in [0.15, 0.2) is 0 Å². The molecule has 0 bridgehead atoms. The molecule has 1 heterocycles. The molecule has 0 unspecified atom stereocenters. The fourth-order valence-electron chi connectivity index (χ4n) is 1.64. The maximum absolute atomic E-state index is 3.30. The molecule has 2 nitrogen and oxygen atoms in total. The Labute approximate surface area is 98.8 Å². The highest BCUT2D eigenvalue weighted by Gasteiger charge is 2.20. The highest BCUT2D eigenvalue weighted by molar-refractivity contribution is 14.1. The van der Waals surface area contributed by atoms with Crippen molar-refractivity contribution in [3.8, 4) is 0 Å². The summed E-state index contributed by atoms with van der Waals surface area (Å²) >= 11 is 2.36. The zero-order chi connectivity index (χ0) is 9.97. The van der Waals surface area contributed by atoms with Gasteiger partial charge in [-0.05, 0) is 47.3 Å². The first-order valence-corrected chi connectivity index (χ1v) is 5.99. The molecule has 1 saturated heterocycles. The molecule has 76 valence electrons. The van der Waals surface area contributed by atoms with Gasteiger partial charge in [-0.15, -0.1) is 0 Å². The minimum Gasteiger partial charge on any atom is -0.314 e. The lowest BCUT2D eigenvalue weighted by Crippen LogP contribution is -2.55. The van der Waals surface area contributed by atoms with Gasteiger partial charge in [0.2, 0.25) is 0 Å². The van der Waals surface area contributed by atoms with Gasteiger partial charge >= 0.3 is 0 Å². The fourth-order valence-corrected chi connectivity index (χ4v) is 2.25. The first-order chi connectivity index (χ1) is 6.75. The number of nitrogens with one attached hydrogen (secondary N) is 1. The lowest BCUT2D eigenvalue weighted by Gasteiger charge is -2.35. The normalized spacial score (nSPS) is 17.1. The van der Waals surface area contributed by atoms with Gasteiger partial charge in [-0.25, -0.2) is 0 Å². The van der Waals surface area contributed by atoms with Crippen molar-refractivity contribution >= 4 is 22.6 Å². The molecule has 0 saturated carbocycles. The van der Waals surface area contributed by atoms with Crippen LogP contribution in [0.25, 0.3) is 0 Å². The molecule has 0 spiro atoms. The van der Waals surface area contributed by atoms with Gasteiger partial charge in [-0.3, -0.25) is 4.90 Å². The molecule has 0 amide bonds. The van der Waals surface area contributed by atoms with Crippen LogP contribution in [0.2, 0.25) is 0 Å². The average molecular weight is 302 g/mol. The van der Waals surface area contributed by atoms with Gasteiger partial charge in [-0.2, -0.15) is 0 Å². The van der Waals surface area contributed by atoms with Crippen molar-refractivity contribution in [2.75, 3.05) is 20.1 Å². The van der Waals surface area contributed by atoms with Crippen molar-refractivity contribution in [1.82, 2.24) is 10.2 Å². The Hall–Kier alpha value is -0.130. The van der Waals surface area contributed by atoms with Crippen molar-refractivity contribution in [1.29, 1.82) is 0 Å². The molecular formula is C11H15IN2. The van der Waals surface area contributed by atoms with Crippen molar-refractivity contribution in [3.05, 3.63) is 33.4 Å². The van der Waals surface area contributed by atoms with Crippen molar-refractivity contribution in [3.63, 3.8) is 0 Å². The Morgan fingerprint density at radius 2 is 2.29 bits per heavy atom. The van der Waals surface area contributed by atoms with Gasteiger partial charge in [0.05, 0.1) is 0 Å². The van der Waals surface area contributed by atoms with E-state index < -0.39 is 0 Å². The summed E-state index contributed by atoms with van der Waals surface area (Å²) in [4.78, 5) is 2.42. The number of halogens is 1. The molecule has 0 aliphatic carbocycles. The van der Waals surface area contributed by atoms with E-state index in [0.29, 0.717) is 0 Å². The number of hydrogen-bond acceptors (Lipinski definition) is 2. The summed E-state index contributed by atoms with van der Waals surface area (Å²) in [5.74, 6) is 0. The largest absolute Gasteiger partial charge is 0.314 e. The second-order valence-corrected chi connectivity index (χ2v) is 5.10. The van der Waals surface area contributed by atoms with Crippen LogP contribution in [-0.2, 0) is 6.54 Å². The molecule has 14 heavy (non-hydrogen) atoms. The van der Waals surface area contributed by atoms with E-state index in [1.54, 1.807) is 0 Å². The van der Waals surface area contributed by atoms with E-state index in [9.17, 15) is 0 Å². The molecule has 1 aliphatic rings. The van der Waals surface area contributed by atoms with Crippen LogP contribution in [-0.4, -0.2) is 31.1 Å². The molecule has 1 aliphatic heterocycles. The first kappa shape index (κ1) is 10.4. The lowest BCUT2D eigenvalue weighted by atomic mass is 10.1. The molecular weight excluding hydrogens is 287 g/mol. The van der Waals surface area contributed by atoms with Crippen LogP contribution in [0.15, 0.2) is 24.3 Å². The van der Waals surface area contributed by atoms with Crippen LogP contribution in [0.4, 0.5) is 0 Å². The molecule has 1 aromatic rings. The van der Waals surface area contributed by atoms with Crippen LogP contribution in [0.1, 0.15) is 5.56 Å². The van der Waals surface area contributed by atoms with Gasteiger partial charge < -0.3 is 5.32 Å². The zero-order valence-corrected chi connectivity index (χ0v) is 10.5. The predicted octanol–water partition coefficient (Wildman–Crippen LogP) is 1.69. The van der Waals surface area contributed by atoms with Crippen molar-refractivity contribution < 1.29 is 0 Å². The third-order valence-electron chi connectivity index (χ3n) is 2.70. The third-order valence-corrected chi connectivity index (χ3v) is 3.38. The minimum absolute atomic E-state index is 0.730. The molecule has 1 fully saturated rings. The second kappa shape index (κ2) is 4.59. The maximum Gasteiger partial charge on any atom is 0.0345 e. The Bertz CT molecular complexity index is 310. The third kappa shape index (κ3) is 2.46. The van der Waals surface area contributed by atoms with Gasteiger partial charge in [0.25, 0.3) is 0 Å². The number of benzene rings is 1. The summed E-state index contributed by atoms with van der Waals surface area (Å²) in [6.45, 7) is 3.34. The first-order valence-electron chi connectivity index (χ1n) is 4.91. The standard InChI is InChI=1S/C11H15IN2/c1-14(11-6-13-7-11)8-9-3-2-4-10(12)5-9/h2-5,11,13H,6-8H2,1H3. The molecule has 1 N–H and O–H groups in total. The lowest BCUT2D eigenvalue weighted by molar-refractivity contribution is 0.173. The Kier molecular flexibility index (Phi) is 3.41. The summed E-state index contributed by atoms with van der Waals surface area (Å²) in [7, 11) is 2.20. The molecule has 0 radical (unpaired) electrons. The number of rotatable bonds is 3. The van der Waals surface area contributed by atoms with E-state index in [-0.39, 0.29) is 0 Å². The van der Waals surface area contributed by atoms with Gasteiger partial charge in [-0.1, -0.05) is 12.1 Å². The van der Waals surface area contributed by atoms with Crippen LogP contribution in [0.3, 0.4) is 0 Å². The SMILES string of the molecule is CN(Cc1cccc(I)c1)C1CNC1. The summed E-state index contributed by atoms with van der Waals surface area (Å²) < 4.78 is 1.32. The highest BCUT2D eigenvalue weighted by Crippen LogP contribution is 2.12. The molecule has 3 heteroatoms. The summed E-state index contributed by atoms with van der Waals surface area (Å²) in [5, 5.41) is 3.30. The topological polar surface area (TPSA) is 15.3 Å². The fraction of sp³-hybridized carbons (Fsp3) is 0.455. The van der Waals surface area contributed by atoms with Gasteiger partial charge in [0, 0.05) is 29.2 Å². The van der Waals surface area contributed by atoms with E-state index in [4.69, 9.17) is 0 Å². The highest BCUT2D eigenvalue weighted by atomic mass is 127. The quantitative estimate of drug-likeness (QED) is 0.855. The summed E-state index contributed by atoms with van der Waals surface area (Å²) in [6.07, 6.45) is 0. The Morgan fingerprint density at radius 1 is 1.50 bits per heavy atom.